The second kappa shape index (κ2) is 6.07. The van der Waals surface area contributed by atoms with Crippen molar-refractivity contribution in [3.63, 3.8) is 0 Å². The van der Waals surface area contributed by atoms with Crippen LogP contribution < -0.4 is 20.7 Å². The Kier molecular flexibility index (Phi) is 3.74. The van der Waals surface area contributed by atoms with Crippen LogP contribution in [0.25, 0.3) is 22.2 Å². The van der Waals surface area contributed by atoms with Crippen molar-refractivity contribution in [1.82, 2.24) is 10.4 Å². The fourth-order valence-electron chi connectivity index (χ4n) is 2.96. The molecule has 0 spiro atoms. The highest BCUT2D eigenvalue weighted by molar-refractivity contribution is 6.07. The number of nitrogens with one attached hydrogen (secondary N) is 1. The van der Waals surface area contributed by atoms with Gasteiger partial charge in [-0.3, -0.25) is 10.2 Å². The molecule has 0 bridgehead atoms. The van der Waals surface area contributed by atoms with E-state index in [-0.39, 0.29) is 12.7 Å². The summed E-state index contributed by atoms with van der Waals surface area (Å²) in [7, 11) is 0. The van der Waals surface area contributed by atoms with Crippen molar-refractivity contribution in [1.29, 1.82) is 0 Å². The van der Waals surface area contributed by atoms with Gasteiger partial charge in [0.15, 0.2) is 11.5 Å². The summed E-state index contributed by atoms with van der Waals surface area (Å²) in [6.07, 6.45) is 0.879. The standard InChI is InChI=1S/C19H17N3O3/c1-2-11-3-5-15-13(7-11)14(19(23)22-20)9-16(21-15)12-4-6-17-18(8-12)25-10-24-17/h3-9H,2,10,20H2,1H3,(H,22,23). The van der Waals surface area contributed by atoms with Crippen LogP contribution in [0.1, 0.15) is 22.8 Å². The van der Waals surface area contributed by atoms with E-state index in [0.29, 0.717) is 22.8 Å². The van der Waals surface area contributed by atoms with Gasteiger partial charge in [-0.15, -0.1) is 0 Å². The lowest BCUT2D eigenvalue weighted by molar-refractivity contribution is 0.0955. The first kappa shape index (κ1) is 15.4. The van der Waals surface area contributed by atoms with Gasteiger partial charge in [-0.2, -0.15) is 0 Å². The molecule has 126 valence electrons. The Morgan fingerprint density at radius 3 is 2.80 bits per heavy atom. The molecule has 0 radical (unpaired) electrons. The topological polar surface area (TPSA) is 86.5 Å². The summed E-state index contributed by atoms with van der Waals surface area (Å²) in [4.78, 5) is 17.0. The first-order chi connectivity index (χ1) is 12.2. The number of amides is 1. The van der Waals surface area contributed by atoms with Crippen LogP contribution in [0.5, 0.6) is 11.5 Å². The number of benzene rings is 2. The van der Waals surface area contributed by atoms with Gasteiger partial charge in [0.2, 0.25) is 6.79 Å². The highest BCUT2D eigenvalue weighted by Gasteiger charge is 2.17. The van der Waals surface area contributed by atoms with Crippen LogP contribution >= 0.6 is 0 Å². The third-order valence-corrected chi connectivity index (χ3v) is 4.33. The lowest BCUT2D eigenvalue weighted by atomic mass is 10.0. The average molecular weight is 335 g/mol. The summed E-state index contributed by atoms with van der Waals surface area (Å²) >= 11 is 0. The molecule has 1 aliphatic heterocycles. The Hall–Kier alpha value is -3.12. The summed E-state index contributed by atoms with van der Waals surface area (Å²) in [5.41, 5.74) is 6.11. The van der Waals surface area contributed by atoms with Crippen molar-refractivity contribution in [2.24, 2.45) is 5.84 Å². The largest absolute Gasteiger partial charge is 0.454 e. The number of pyridine rings is 1. The molecular weight excluding hydrogens is 318 g/mol. The molecule has 1 amide bonds. The van der Waals surface area contributed by atoms with Gasteiger partial charge in [-0.05, 0) is 48.4 Å². The van der Waals surface area contributed by atoms with E-state index >= 15 is 0 Å². The smallest absolute Gasteiger partial charge is 0.265 e. The van der Waals surface area contributed by atoms with E-state index in [9.17, 15) is 4.79 Å². The molecular formula is C19H17N3O3. The summed E-state index contributed by atoms with van der Waals surface area (Å²) in [6.45, 7) is 2.28. The van der Waals surface area contributed by atoms with E-state index in [1.54, 1.807) is 6.07 Å². The summed E-state index contributed by atoms with van der Waals surface area (Å²) in [5, 5.41) is 0.784. The Morgan fingerprint density at radius 1 is 1.16 bits per heavy atom. The minimum absolute atomic E-state index is 0.213. The van der Waals surface area contributed by atoms with Crippen molar-refractivity contribution >= 4 is 16.8 Å². The van der Waals surface area contributed by atoms with Crippen molar-refractivity contribution in [2.45, 2.75) is 13.3 Å². The lowest BCUT2D eigenvalue weighted by Gasteiger charge is -2.10. The fourth-order valence-corrected chi connectivity index (χ4v) is 2.96. The molecule has 0 fully saturated rings. The molecule has 6 heteroatoms. The maximum Gasteiger partial charge on any atom is 0.265 e. The quantitative estimate of drug-likeness (QED) is 0.437. The van der Waals surface area contributed by atoms with Gasteiger partial charge in [0.05, 0.1) is 16.8 Å². The van der Waals surface area contributed by atoms with Gasteiger partial charge in [0.1, 0.15) is 0 Å². The number of carbonyl (C=O) groups is 1. The number of nitrogens with two attached hydrogens (primary N) is 1. The minimum Gasteiger partial charge on any atom is -0.454 e. The molecule has 0 saturated carbocycles. The molecule has 6 nitrogen and oxygen atoms in total. The van der Waals surface area contributed by atoms with Crippen LogP contribution in [-0.2, 0) is 6.42 Å². The van der Waals surface area contributed by atoms with Crippen LogP contribution in [0.3, 0.4) is 0 Å². The molecule has 3 N–H and O–H groups in total. The number of hydrogen-bond acceptors (Lipinski definition) is 5. The summed E-state index contributed by atoms with van der Waals surface area (Å²) in [6, 6.07) is 13.3. The van der Waals surface area contributed by atoms with E-state index < -0.39 is 0 Å². The number of hydrazine groups is 1. The van der Waals surface area contributed by atoms with Crippen molar-refractivity contribution in [3.8, 4) is 22.8 Å². The number of hydrogen-bond donors (Lipinski definition) is 2. The first-order valence-corrected chi connectivity index (χ1v) is 8.04. The molecule has 2 aromatic carbocycles. The van der Waals surface area contributed by atoms with Gasteiger partial charge >= 0.3 is 0 Å². The molecule has 0 unspecified atom stereocenters. The third kappa shape index (κ3) is 2.66. The number of nitrogen functional groups attached to an aromatic ring is 1. The maximum absolute atomic E-state index is 12.3. The maximum atomic E-state index is 12.3. The molecule has 0 atom stereocenters. The minimum atomic E-state index is -0.345. The van der Waals surface area contributed by atoms with Crippen molar-refractivity contribution in [2.75, 3.05) is 6.79 Å². The Bertz CT molecular complexity index is 985. The lowest BCUT2D eigenvalue weighted by Crippen LogP contribution is -2.30. The van der Waals surface area contributed by atoms with Crippen molar-refractivity contribution in [3.05, 3.63) is 53.6 Å². The van der Waals surface area contributed by atoms with E-state index in [4.69, 9.17) is 20.3 Å². The van der Waals surface area contributed by atoms with Gasteiger partial charge in [-0.25, -0.2) is 10.8 Å². The Balaban J connectivity index is 1.91. The number of carbonyl (C=O) groups excluding carboxylic acids is 1. The highest BCUT2D eigenvalue weighted by atomic mass is 16.7. The summed E-state index contributed by atoms with van der Waals surface area (Å²) < 4.78 is 10.8. The Morgan fingerprint density at radius 2 is 2.00 bits per heavy atom. The zero-order valence-electron chi connectivity index (χ0n) is 13.7. The Labute approximate surface area is 144 Å². The zero-order chi connectivity index (χ0) is 17.4. The van der Waals surface area contributed by atoms with E-state index in [2.05, 4.69) is 12.3 Å². The fraction of sp³-hybridized carbons (Fsp3) is 0.158. The number of nitrogens with zero attached hydrogens (tertiary/aromatic N) is 1. The van der Waals surface area contributed by atoms with Gasteiger partial charge < -0.3 is 9.47 Å². The predicted molar refractivity (Wildman–Crippen MR) is 94.3 cm³/mol. The number of rotatable bonds is 3. The molecule has 0 saturated heterocycles. The second-order valence-corrected chi connectivity index (χ2v) is 5.80. The third-order valence-electron chi connectivity index (χ3n) is 4.33. The molecule has 4 rings (SSSR count). The SMILES string of the molecule is CCc1ccc2nc(-c3ccc4c(c3)OCO4)cc(C(=O)NN)c2c1. The van der Waals surface area contributed by atoms with E-state index in [0.717, 1.165) is 28.5 Å². The van der Waals surface area contributed by atoms with Crippen LogP contribution in [0, 0.1) is 0 Å². The highest BCUT2D eigenvalue weighted by Crippen LogP contribution is 2.36. The summed E-state index contributed by atoms with van der Waals surface area (Å²) in [5.74, 6) is 6.40. The van der Waals surface area contributed by atoms with Crippen LogP contribution in [0.4, 0.5) is 0 Å². The van der Waals surface area contributed by atoms with Gasteiger partial charge in [-0.1, -0.05) is 13.0 Å². The predicted octanol–water partition coefficient (Wildman–Crippen LogP) is 2.80. The molecule has 1 aliphatic rings. The van der Waals surface area contributed by atoms with E-state index in [1.807, 2.05) is 36.4 Å². The number of ether oxygens (including phenoxy) is 2. The molecule has 3 aromatic rings. The number of aromatic nitrogens is 1. The van der Waals surface area contributed by atoms with E-state index in [1.165, 1.54) is 0 Å². The number of fused-ring (bicyclic) bond motifs is 2. The average Bonchev–Trinajstić information content (AvgIpc) is 3.13. The molecule has 0 aliphatic carbocycles. The zero-order valence-corrected chi connectivity index (χ0v) is 13.7. The van der Waals surface area contributed by atoms with Crippen molar-refractivity contribution < 1.29 is 14.3 Å². The molecule has 1 aromatic heterocycles. The van der Waals surface area contributed by atoms with Gasteiger partial charge in [0, 0.05) is 10.9 Å². The van der Waals surface area contributed by atoms with Crippen LogP contribution in [-0.4, -0.2) is 17.7 Å². The normalized spacial score (nSPS) is 12.4. The van der Waals surface area contributed by atoms with Crippen LogP contribution in [0.15, 0.2) is 42.5 Å². The monoisotopic (exact) mass is 335 g/mol. The molecule has 2 heterocycles. The number of aryl methyl sites for hydroxylation is 1. The van der Waals surface area contributed by atoms with Crippen LogP contribution in [0.2, 0.25) is 0 Å². The van der Waals surface area contributed by atoms with Gasteiger partial charge in [0.25, 0.3) is 5.91 Å². The second-order valence-electron chi connectivity index (χ2n) is 5.80. The first-order valence-electron chi connectivity index (χ1n) is 8.04. The molecule has 25 heavy (non-hydrogen) atoms.